The fourth-order valence-corrected chi connectivity index (χ4v) is 1.78. The first-order valence-electron chi connectivity index (χ1n) is 8.00. The summed E-state index contributed by atoms with van der Waals surface area (Å²) in [5.74, 6) is 0. The number of allylic oxidation sites excluding steroid dienone is 3. The highest BCUT2D eigenvalue weighted by Crippen LogP contribution is 2.11. The van der Waals surface area contributed by atoms with Crippen LogP contribution in [0.3, 0.4) is 0 Å². The molecule has 0 bridgehead atoms. The van der Waals surface area contributed by atoms with E-state index in [2.05, 4.69) is 26.3 Å². The minimum atomic E-state index is 0.228. The van der Waals surface area contributed by atoms with E-state index in [1.165, 1.54) is 11.1 Å². The number of aliphatic hydroxyl groups is 1. The van der Waals surface area contributed by atoms with E-state index in [4.69, 9.17) is 5.11 Å². The third kappa shape index (κ3) is 20.9. The standard InChI is InChI=1S/C10H18O.C10H16O/c2*1-9(2)5-4-6-10(3)7-8-11/h11H,1,3-8H2,2H3;8H,1,3-7H2,2H3. The fourth-order valence-electron chi connectivity index (χ4n) is 1.78. The maximum Gasteiger partial charge on any atom is 0.124 e. The second kappa shape index (κ2) is 16.0. The van der Waals surface area contributed by atoms with E-state index in [1.807, 2.05) is 13.8 Å². The Hall–Kier alpha value is -1.41. The van der Waals surface area contributed by atoms with Crippen LogP contribution in [-0.2, 0) is 4.79 Å². The average Bonchev–Trinajstić information content (AvgIpc) is 2.39. The van der Waals surface area contributed by atoms with Gasteiger partial charge in [-0.25, -0.2) is 0 Å². The van der Waals surface area contributed by atoms with Crippen LogP contribution in [0.25, 0.3) is 0 Å². The zero-order valence-corrected chi connectivity index (χ0v) is 14.6. The third-order valence-electron chi connectivity index (χ3n) is 3.11. The molecule has 0 saturated heterocycles. The lowest BCUT2D eigenvalue weighted by Crippen LogP contribution is -1.87. The fraction of sp³-hybridized carbons (Fsp3) is 0.550. The highest BCUT2D eigenvalue weighted by atomic mass is 16.2. The molecule has 0 fully saturated rings. The quantitative estimate of drug-likeness (QED) is 0.379. The highest BCUT2D eigenvalue weighted by molar-refractivity contribution is 5.53. The van der Waals surface area contributed by atoms with Crippen LogP contribution in [0.5, 0.6) is 0 Å². The third-order valence-corrected chi connectivity index (χ3v) is 3.11. The summed E-state index contributed by atoms with van der Waals surface area (Å²) in [4.78, 5) is 10.0. The number of aliphatic hydroxyl groups excluding tert-OH is 1. The van der Waals surface area contributed by atoms with Crippen LogP contribution in [0.2, 0.25) is 0 Å². The molecule has 0 radical (unpaired) electrons. The maximum absolute atomic E-state index is 10.0. The Morgan fingerprint density at radius 3 is 1.64 bits per heavy atom. The summed E-state index contributed by atoms with van der Waals surface area (Å²) in [5, 5.41) is 8.57. The van der Waals surface area contributed by atoms with Crippen molar-refractivity contribution in [3.8, 4) is 0 Å². The molecule has 0 spiro atoms. The molecule has 0 aliphatic rings. The molecular formula is C20H34O2. The van der Waals surface area contributed by atoms with Gasteiger partial charge in [0.15, 0.2) is 0 Å². The minimum Gasteiger partial charge on any atom is -0.396 e. The average molecular weight is 306 g/mol. The molecule has 0 aromatic carbocycles. The molecule has 0 aliphatic carbocycles. The van der Waals surface area contributed by atoms with Gasteiger partial charge in [0.1, 0.15) is 6.29 Å². The summed E-state index contributed by atoms with van der Waals surface area (Å²) in [6.45, 7) is 19.5. The lowest BCUT2D eigenvalue weighted by atomic mass is 10.1. The summed E-state index contributed by atoms with van der Waals surface area (Å²) in [7, 11) is 0. The molecule has 0 rings (SSSR count). The Balaban J connectivity index is 0. The number of carbonyl (C=O) groups is 1. The summed E-state index contributed by atoms with van der Waals surface area (Å²) in [5.41, 5.74) is 4.60. The largest absolute Gasteiger partial charge is 0.396 e. The molecule has 22 heavy (non-hydrogen) atoms. The second-order valence-corrected chi connectivity index (χ2v) is 5.97. The molecule has 1 N–H and O–H groups in total. The second-order valence-electron chi connectivity index (χ2n) is 5.97. The molecule has 0 heterocycles. The molecule has 0 aliphatic heterocycles. The predicted octanol–water partition coefficient (Wildman–Crippen LogP) is 5.55. The minimum absolute atomic E-state index is 0.228. The number of rotatable bonds is 12. The lowest BCUT2D eigenvalue weighted by molar-refractivity contribution is -0.107. The Bertz CT molecular complexity index is 364. The molecule has 126 valence electrons. The van der Waals surface area contributed by atoms with Crippen LogP contribution >= 0.6 is 0 Å². The van der Waals surface area contributed by atoms with Crippen molar-refractivity contribution in [2.45, 2.75) is 65.2 Å². The topological polar surface area (TPSA) is 37.3 Å². The van der Waals surface area contributed by atoms with Gasteiger partial charge >= 0.3 is 0 Å². The van der Waals surface area contributed by atoms with Crippen LogP contribution in [-0.4, -0.2) is 18.0 Å². The van der Waals surface area contributed by atoms with Crippen LogP contribution in [0.4, 0.5) is 0 Å². The Labute approximate surface area is 137 Å². The van der Waals surface area contributed by atoms with Crippen molar-refractivity contribution < 1.29 is 9.90 Å². The number of carbonyl (C=O) groups excluding carboxylic acids is 1. The lowest BCUT2D eigenvalue weighted by Gasteiger charge is -2.02. The first-order chi connectivity index (χ1) is 10.3. The molecule has 0 atom stereocenters. The van der Waals surface area contributed by atoms with Crippen molar-refractivity contribution in [1.29, 1.82) is 0 Å². The van der Waals surface area contributed by atoms with Gasteiger partial charge in [-0.05, 0) is 58.8 Å². The van der Waals surface area contributed by atoms with Gasteiger partial charge in [0.2, 0.25) is 0 Å². The first kappa shape index (κ1) is 22.9. The summed E-state index contributed by atoms with van der Waals surface area (Å²) >= 11 is 0. The van der Waals surface area contributed by atoms with Gasteiger partial charge in [-0.2, -0.15) is 0 Å². The smallest absolute Gasteiger partial charge is 0.124 e. The van der Waals surface area contributed by atoms with Crippen LogP contribution in [0, 0.1) is 0 Å². The van der Waals surface area contributed by atoms with E-state index in [1.54, 1.807) is 0 Å². The monoisotopic (exact) mass is 306 g/mol. The van der Waals surface area contributed by atoms with Crippen molar-refractivity contribution in [1.82, 2.24) is 0 Å². The van der Waals surface area contributed by atoms with E-state index < -0.39 is 0 Å². The number of hydrogen-bond donors (Lipinski definition) is 1. The van der Waals surface area contributed by atoms with Gasteiger partial charge < -0.3 is 9.90 Å². The Kier molecular flexibility index (Phi) is 16.6. The van der Waals surface area contributed by atoms with E-state index in [9.17, 15) is 4.79 Å². The molecule has 0 aromatic rings. The van der Waals surface area contributed by atoms with Crippen LogP contribution in [0.15, 0.2) is 48.6 Å². The van der Waals surface area contributed by atoms with E-state index in [0.29, 0.717) is 6.42 Å². The van der Waals surface area contributed by atoms with Gasteiger partial charge in [-0.1, -0.05) is 35.5 Å². The highest BCUT2D eigenvalue weighted by Gasteiger charge is 1.94. The summed E-state index contributed by atoms with van der Waals surface area (Å²) in [6.07, 6.45) is 8.44. The van der Waals surface area contributed by atoms with Gasteiger partial charge in [0.25, 0.3) is 0 Å². The zero-order chi connectivity index (χ0) is 17.4. The van der Waals surface area contributed by atoms with Gasteiger partial charge in [-0.15, -0.1) is 13.2 Å². The molecule has 2 heteroatoms. The molecule has 2 nitrogen and oxygen atoms in total. The Morgan fingerprint density at radius 2 is 1.27 bits per heavy atom. The van der Waals surface area contributed by atoms with Crippen molar-refractivity contribution >= 4 is 6.29 Å². The van der Waals surface area contributed by atoms with Crippen molar-refractivity contribution in [2.75, 3.05) is 6.61 Å². The van der Waals surface area contributed by atoms with Crippen LogP contribution in [0.1, 0.15) is 65.2 Å². The SMILES string of the molecule is C=C(C)CCCC(=C)CC=O.C=C(C)CCCC(=C)CCO. The van der Waals surface area contributed by atoms with Gasteiger partial charge in [0.05, 0.1) is 0 Å². The van der Waals surface area contributed by atoms with Crippen LogP contribution < -0.4 is 0 Å². The van der Waals surface area contributed by atoms with E-state index in [-0.39, 0.29) is 6.61 Å². The first-order valence-corrected chi connectivity index (χ1v) is 8.00. The van der Waals surface area contributed by atoms with Gasteiger partial charge in [0, 0.05) is 13.0 Å². The summed E-state index contributed by atoms with van der Waals surface area (Å²) < 4.78 is 0. The molecule has 0 saturated carbocycles. The summed E-state index contributed by atoms with van der Waals surface area (Å²) in [6, 6.07) is 0. The van der Waals surface area contributed by atoms with Crippen molar-refractivity contribution in [3.05, 3.63) is 48.6 Å². The molecule has 0 aromatic heterocycles. The molecule has 0 amide bonds. The van der Waals surface area contributed by atoms with Crippen molar-refractivity contribution in [2.24, 2.45) is 0 Å². The predicted molar refractivity (Wildman–Crippen MR) is 98.0 cm³/mol. The maximum atomic E-state index is 10.0. The molecular weight excluding hydrogens is 272 g/mol. The molecule has 0 unspecified atom stereocenters. The van der Waals surface area contributed by atoms with Crippen molar-refractivity contribution in [3.63, 3.8) is 0 Å². The van der Waals surface area contributed by atoms with E-state index in [0.717, 1.165) is 62.4 Å². The normalized spacial score (nSPS) is 9.41. The zero-order valence-electron chi connectivity index (χ0n) is 14.6. The Morgan fingerprint density at radius 1 is 0.818 bits per heavy atom. The van der Waals surface area contributed by atoms with E-state index >= 15 is 0 Å². The number of aldehydes is 1. The van der Waals surface area contributed by atoms with Gasteiger partial charge in [-0.3, -0.25) is 0 Å². The number of hydrogen-bond acceptors (Lipinski definition) is 2.